The highest BCUT2D eigenvalue weighted by Crippen LogP contribution is 2.35. The van der Waals surface area contributed by atoms with Gasteiger partial charge in [-0.05, 0) is 30.2 Å². The van der Waals surface area contributed by atoms with Crippen molar-refractivity contribution in [1.29, 1.82) is 0 Å². The van der Waals surface area contributed by atoms with Crippen molar-refractivity contribution in [2.24, 2.45) is 0 Å². The molecule has 2 heterocycles. The molecule has 3 aromatic rings. The second kappa shape index (κ2) is 8.20. The molecule has 8 nitrogen and oxygen atoms in total. The number of allylic oxidation sites excluding steroid dienone is 1. The number of anilines is 1. The predicted molar refractivity (Wildman–Crippen MR) is 109 cm³/mol. The fourth-order valence-electron chi connectivity index (χ4n) is 3.38. The molecule has 4 rings (SSSR count). The van der Waals surface area contributed by atoms with Gasteiger partial charge in [0, 0.05) is 5.70 Å². The topological polar surface area (TPSA) is 95.3 Å². The fourth-order valence-corrected chi connectivity index (χ4v) is 3.38. The number of benzene rings is 2. The molecule has 0 fully saturated rings. The summed E-state index contributed by atoms with van der Waals surface area (Å²) in [5.41, 5.74) is 3.14. The van der Waals surface area contributed by atoms with Crippen LogP contribution in [0.3, 0.4) is 0 Å². The Balaban J connectivity index is 1.66. The summed E-state index contributed by atoms with van der Waals surface area (Å²) < 4.78 is 12.0. The van der Waals surface area contributed by atoms with Crippen LogP contribution in [0.5, 0.6) is 0 Å². The van der Waals surface area contributed by atoms with Gasteiger partial charge in [0.25, 0.3) is 0 Å². The molecule has 30 heavy (non-hydrogen) atoms. The Bertz CT molecular complexity index is 1100. The third-order valence-electron chi connectivity index (χ3n) is 4.87. The monoisotopic (exact) mass is 404 g/mol. The maximum absolute atomic E-state index is 13.1. The summed E-state index contributed by atoms with van der Waals surface area (Å²) >= 11 is 0. The van der Waals surface area contributed by atoms with Gasteiger partial charge in [-0.3, -0.25) is 0 Å². The van der Waals surface area contributed by atoms with Crippen molar-refractivity contribution in [3.05, 3.63) is 88.9 Å². The third kappa shape index (κ3) is 3.67. The zero-order valence-corrected chi connectivity index (χ0v) is 16.5. The summed E-state index contributed by atoms with van der Waals surface area (Å²) in [4.78, 5) is 29.0. The average Bonchev–Trinajstić information content (AvgIpc) is 3.24. The largest absolute Gasteiger partial charge is 0.465 e. The zero-order valence-electron chi connectivity index (χ0n) is 16.5. The van der Waals surface area contributed by atoms with Crippen molar-refractivity contribution in [3.63, 3.8) is 0 Å². The second-order valence-electron chi connectivity index (χ2n) is 6.77. The lowest BCUT2D eigenvalue weighted by Gasteiger charge is -2.28. The molecular formula is C22H20N4O4. The molecule has 0 bridgehead atoms. The Morgan fingerprint density at radius 3 is 2.50 bits per heavy atom. The van der Waals surface area contributed by atoms with Gasteiger partial charge in [-0.15, -0.1) is 0 Å². The molecule has 1 aliphatic rings. The van der Waals surface area contributed by atoms with Crippen LogP contribution in [-0.2, 0) is 20.9 Å². The molecule has 0 spiro atoms. The summed E-state index contributed by atoms with van der Waals surface area (Å²) in [5.74, 6) is -0.358. The van der Waals surface area contributed by atoms with E-state index in [-0.39, 0.29) is 6.61 Å². The molecule has 0 amide bonds. The summed E-state index contributed by atoms with van der Waals surface area (Å²) in [7, 11) is 1.33. The molecular weight excluding hydrogens is 384 g/mol. The van der Waals surface area contributed by atoms with E-state index in [1.54, 1.807) is 35.9 Å². The Morgan fingerprint density at radius 2 is 1.80 bits per heavy atom. The first kappa shape index (κ1) is 19.4. The minimum absolute atomic E-state index is 0.161. The van der Waals surface area contributed by atoms with Crippen LogP contribution < -0.4 is 5.32 Å². The van der Waals surface area contributed by atoms with Crippen molar-refractivity contribution in [3.8, 4) is 0 Å². The van der Waals surface area contributed by atoms with Crippen LogP contribution in [0, 0.1) is 0 Å². The van der Waals surface area contributed by atoms with Gasteiger partial charge in [-0.2, -0.15) is 10.1 Å². The molecule has 1 N–H and O–H groups in total. The average molecular weight is 404 g/mol. The van der Waals surface area contributed by atoms with Crippen LogP contribution >= 0.6 is 0 Å². The highest BCUT2D eigenvalue weighted by Gasteiger charge is 2.34. The minimum atomic E-state index is -0.543. The zero-order chi connectivity index (χ0) is 21.1. The molecule has 1 atom stereocenters. The van der Waals surface area contributed by atoms with Gasteiger partial charge < -0.3 is 14.8 Å². The van der Waals surface area contributed by atoms with Gasteiger partial charge in [0.2, 0.25) is 5.95 Å². The smallest absolute Gasteiger partial charge is 0.338 e. The second-order valence-corrected chi connectivity index (χ2v) is 6.77. The molecule has 0 saturated heterocycles. The number of fused-ring (bicyclic) bond motifs is 1. The molecule has 1 aromatic heterocycles. The minimum Gasteiger partial charge on any atom is -0.465 e. The van der Waals surface area contributed by atoms with E-state index in [4.69, 9.17) is 9.47 Å². The van der Waals surface area contributed by atoms with E-state index < -0.39 is 18.0 Å². The van der Waals surface area contributed by atoms with Crippen molar-refractivity contribution in [2.45, 2.75) is 19.6 Å². The van der Waals surface area contributed by atoms with E-state index in [2.05, 4.69) is 15.4 Å². The highest BCUT2D eigenvalue weighted by atomic mass is 16.5. The van der Waals surface area contributed by atoms with Crippen LogP contribution in [0.25, 0.3) is 0 Å². The number of esters is 2. The normalized spacial score (nSPS) is 15.2. The number of ether oxygens (including phenoxy) is 2. The van der Waals surface area contributed by atoms with Crippen LogP contribution in [-0.4, -0.2) is 33.8 Å². The fraction of sp³-hybridized carbons (Fsp3) is 0.182. The third-order valence-corrected chi connectivity index (χ3v) is 4.87. The van der Waals surface area contributed by atoms with E-state index in [1.807, 2.05) is 30.3 Å². The molecule has 0 aliphatic carbocycles. The van der Waals surface area contributed by atoms with E-state index in [0.29, 0.717) is 22.8 Å². The molecule has 0 unspecified atom stereocenters. The van der Waals surface area contributed by atoms with E-state index in [0.717, 1.165) is 11.1 Å². The predicted octanol–water partition coefficient (Wildman–Crippen LogP) is 3.10. The SMILES string of the molecule is COC(=O)c1ccc([C@H]2C(C(=O)OCc3ccccc3)=C(C)Nc3ncnn32)cc1. The number of carbonyl (C=O) groups excluding carboxylic acids is 2. The highest BCUT2D eigenvalue weighted by molar-refractivity contribution is 5.93. The Labute approximate surface area is 173 Å². The lowest BCUT2D eigenvalue weighted by molar-refractivity contribution is -0.140. The number of carbonyl (C=O) groups is 2. The maximum atomic E-state index is 13.1. The first-order valence-electron chi connectivity index (χ1n) is 9.35. The van der Waals surface area contributed by atoms with Crippen LogP contribution in [0.1, 0.15) is 34.5 Å². The van der Waals surface area contributed by atoms with Gasteiger partial charge in [0.1, 0.15) is 19.0 Å². The molecule has 2 aromatic carbocycles. The lowest BCUT2D eigenvalue weighted by Crippen LogP contribution is -2.29. The molecule has 0 radical (unpaired) electrons. The van der Waals surface area contributed by atoms with Gasteiger partial charge in [-0.25, -0.2) is 14.3 Å². The first-order valence-corrected chi connectivity index (χ1v) is 9.35. The number of aromatic nitrogens is 3. The standard InChI is InChI=1S/C22H20N4O4/c1-14-18(21(28)30-12-15-6-4-3-5-7-15)19(26-22(25-14)23-13-24-26)16-8-10-17(11-9-16)20(27)29-2/h3-11,13,19H,12H2,1-2H3,(H,23,24,25)/t19-/m0/s1. The molecule has 152 valence electrons. The van der Waals surface area contributed by atoms with Crippen molar-refractivity contribution in [2.75, 3.05) is 12.4 Å². The van der Waals surface area contributed by atoms with Crippen LogP contribution in [0.15, 0.2) is 72.2 Å². The van der Waals surface area contributed by atoms with Gasteiger partial charge in [0.15, 0.2) is 0 Å². The quantitative estimate of drug-likeness (QED) is 0.653. The summed E-state index contributed by atoms with van der Waals surface area (Å²) in [6.07, 6.45) is 1.42. The Morgan fingerprint density at radius 1 is 1.07 bits per heavy atom. The van der Waals surface area contributed by atoms with Crippen LogP contribution in [0.4, 0.5) is 5.95 Å². The number of nitrogens with one attached hydrogen (secondary N) is 1. The number of hydrogen-bond donors (Lipinski definition) is 1. The van der Waals surface area contributed by atoms with E-state index in [1.165, 1.54) is 13.4 Å². The van der Waals surface area contributed by atoms with E-state index in [9.17, 15) is 9.59 Å². The molecule has 8 heteroatoms. The van der Waals surface area contributed by atoms with Crippen molar-refractivity contribution in [1.82, 2.24) is 14.8 Å². The number of methoxy groups -OCH3 is 1. The lowest BCUT2D eigenvalue weighted by atomic mass is 9.95. The first-order chi connectivity index (χ1) is 14.6. The van der Waals surface area contributed by atoms with Gasteiger partial charge in [-0.1, -0.05) is 42.5 Å². The van der Waals surface area contributed by atoms with Gasteiger partial charge >= 0.3 is 11.9 Å². The Hall–Kier alpha value is -3.94. The van der Waals surface area contributed by atoms with Gasteiger partial charge in [0.05, 0.1) is 18.2 Å². The number of hydrogen-bond acceptors (Lipinski definition) is 7. The van der Waals surface area contributed by atoms with Crippen molar-refractivity contribution < 1.29 is 19.1 Å². The molecule has 1 aliphatic heterocycles. The molecule has 0 saturated carbocycles. The number of rotatable bonds is 5. The summed E-state index contributed by atoms with van der Waals surface area (Å²) in [6.45, 7) is 1.96. The summed E-state index contributed by atoms with van der Waals surface area (Å²) in [6, 6.07) is 15.8. The van der Waals surface area contributed by atoms with E-state index >= 15 is 0 Å². The van der Waals surface area contributed by atoms with Crippen LogP contribution in [0.2, 0.25) is 0 Å². The van der Waals surface area contributed by atoms with Crippen molar-refractivity contribution >= 4 is 17.9 Å². The Kier molecular flexibility index (Phi) is 5.30. The number of nitrogens with zero attached hydrogens (tertiary/aromatic N) is 3. The maximum Gasteiger partial charge on any atom is 0.338 e. The summed E-state index contributed by atoms with van der Waals surface area (Å²) in [5, 5.41) is 7.38.